The van der Waals surface area contributed by atoms with Crippen LogP contribution in [0.15, 0.2) is 22.8 Å². The van der Waals surface area contributed by atoms with Gasteiger partial charge < -0.3 is 20.3 Å². The third-order valence-electron chi connectivity index (χ3n) is 7.51. The maximum atomic E-state index is 12.3. The lowest BCUT2D eigenvalue weighted by molar-refractivity contribution is -0.154. The summed E-state index contributed by atoms with van der Waals surface area (Å²) in [6, 6.07) is -0.359. The van der Waals surface area contributed by atoms with Crippen molar-refractivity contribution in [2.24, 2.45) is 17.3 Å². The molecule has 2 aliphatic rings. The van der Waals surface area contributed by atoms with Gasteiger partial charge in [-0.3, -0.25) is 9.59 Å². The summed E-state index contributed by atoms with van der Waals surface area (Å²) in [5.41, 5.74) is 1.13. The Morgan fingerprint density at radius 2 is 1.88 bits per heavy atom. The second-order valence-corrected chi connectivity index (χ2v) is 11.0. The molecular formula is C28H43NO5. The van der Waals surface area contributed by atoms with E-state index in [1.165, 1.54) is 6.92 Å². The van der Waals surface area contributed by atoms with E-state index in [1.54, 1.807) is 6.08 Å². The molecule has 0 aliphatic heterocycles. The van der Waals surface area contributed by atoms with Gasteiger partial charge in [0.25, 0.3) is 0 Å². The minimum Gasteiger partial charge on any atom is -0.460 e. The fourth-order valence-electron chi connectivity index (χ4n) is 6.20. The van der Waals surface area contributed by atoms with Gasteiger partial charge in [-0.1, -0.05) is 31.8 Å². The number of nitrogens with one attached hydrogen (secondary N) is 1. The molecule has 0 spiro atoms. The predicted octanol–water partition coefficient (Wildman–Crippen LogP) is 4.06. The number of aliphatic hydroxyl groups excluding tert-OH is 2. The van der Waals surface area contributed by atoms with Gasteiger partial charge in [0.1, 0.15) is 5.60 Å². The first kappa shape index (κ1) is 28.1. The summed E-state index contributed by atoms with van der Waals surface area (Å²) in [5, 5.41) is 24.3. The van der Waals surface area contributed by atoms with Gasteiger partial charge in [0.2, 0.25) is 5.91 Å². The highest BCUT2D eigenvalue weighted by Gasteiger charge is 2.56. The van der Waals surface area contributed by atoms with Gasteiger partial charge in [-0.15, -0.1) is 6.42 Å². The van der Waals surface area contributed by atoms with Crippen LogP contribution >= 0.6 is 0 Å². The quantitative estimate of drug-likeness (QED) is 0.294. The molecule has 6 heteroatoms. The van der Waals surface area contributed by atoms with Crippen LogP contribution < -0.4 is 5.32 Å². The molecule has 3 N–H and O–H groups in total. The molecule has 0 saturated heterocycles. The molecule has 0 aromatic heterocycles. The van der Waals surface area contributed by atoms with Crippen LogP contribution in [0, 0.1) is 29.6 Å². The van der Waals surface area contributed by atoms with E-state index in [0.717, 1.165) is 42.4 Å². The summed E-state index contributed by atoms with van der Waals surface area (Å²) in [5.74, 6) is 3.04. The van der Waals surface area contributed by atoms with Crippen LogP contribution in [0.4, 0.5) is 0 Å². The van der Waals surface area contributed by atoms with Crippen LogP contribution in [0.3, 0.4) is 0 Å². The molecule has 2 saturated carbocycles. The van der Waals surface area contributed by atoms with Crippen molar-refractivity contribution in [2.45, 2.75) is 104 Å². The highest BCUT2D eigenvalue weighted by molar-refractivity contribution is 5.73. The normalized spacial score (nSPS) is 30.5. The van der Waals surface area contributed by atoms with Crippen LogP contribution in [0.1, 0.15) is 86.5 Å². The number of fused-ring (bicyclic) bond motifs is 1. The second-order valence-electron chi connectivity index (χ2n) is 11.0. The number of allylic oxidation sites excluding steroid dienone is 2. The minimum atomic E-state index is -0.805. The largest absolute Gasteiger partial charge is 0.460 e. The molecule has 1 unspecified atom stereocenters. The van der Waals surface area contributed by atoms with Crippen LogP contribution in [0.25, 0.3) is 0 Å². The van der Waals surface area contributed by atoms with Crippen molar-refractivity contribution in [3.8, 4) is 12.3 Å². The molecular weight excluding hydrogens is 430 g/mol. The van der Waals surface area contributed by atoms with E-state index in [-0.39, 0.29) is 36.9 Å². The molecule has 5 atom stereocenters. The Kier molecular flexibility index (Phi) is 9.56. The summed E-state index contributed by atoms with van der Waals surface area (Å²) in [4.78, 5) is 24.2. The van der Waals surface area contributed by atoms with Crippen molar-refractivity contribution in [2.75, 3.05) is 6.61 Å². The summed E-state index contributed by atoms with van der Waals surface area (Å²) in [6.07, 6.45) is 11.9. The van der Waals surface area contributed by atoms with Crippen LogP contribution in [0.5, 0.6) is 0 Å². The standard InChI is InChI=1S/C28H43NO5/c1-8-22(19(3)21(15-17-30)11-14-25(32)34-27(5,6)7)28-16-9-10-18(2)23(28)12-13-24(26(28)33)29-20(4)31/h1,15,18,23-24,26,30,33H,9-14,16-17H2,2-7H3,(H,29,31)/b21-15-,22-19+/t18-,23?,24-,26-,28+/m0/s1. The number of ether oxygens (including phenoxy) is 1. The van der Waals surface area contributed by atoms with Gasteiger partial charge in [0.05, 0.1) is 18.8 Å². The van der Waals surface area contributed by atoms with Gasteiger partial charge in [0.15, 0.2) is 0 Å². The van der Waals surface area contributed by atoms with E-state index in [0.29, 0.717) is 18.8 Å². The van der Waals surface area contributed by atoms with Crippen molar-refractivity contribution in [3.05, 3.63) is 22.8 Å². The first-order chi connectivity index (χ1) is 15.9. The summed E-state index contributed by atoms with van der Waals surface area (Å²) >= 11 is 0. The number of amides is 1. The Labute approximate surface area is 205 Å². The zero-order valence-corrected chi connectivity index (χ0v) is 21.7. The molecule has 2 fully saturated rings. The number of terminal acetylenes is 1. The number of rotatable bonds is 7. The number of carbonyl (C=O) groups excluding carboxylic acids is 2. The van der Waals surface area contributed by atoms with Crippen LogP contribution in [0.2, 0.25) is 0 Å². The van der Waals surface area contributed by atoms with Gasteiger partial charge in [0, 0.05) is 24.3 Å². The summed E-state index contributed by atoms with van der Waals surface area (Å²) in [7, 11) is 0. The number of esters is 1. The zero-order chi connectivity index (χ0) is 25.7. The minimum absolute atomic E-state index is 0.164. The SMILES string of the molecule is C#C/C(=C(C)\C(=C/CO)CCC(=O)OC(C)(C)C)[C@]12CCC[C@H](C)C1CC[C@H](NC(C)=O)[C@@H]2O. The lowest BCUT2D eigenvalue weighted by Crippen LogP contribution is -2.60. The first-order valence-corrected chi connectivity index (χ1v) is 12.5. The third-order valence-corrected chi connectivity index (χ3v) is 7.51. The fourth-order valence-corrected chi connectivity index (χ4v) is 6.20. The number of carbonyl (C=O) groups is 2. The van der Waals surface area contributed by atoms with E-state index in [9.17, 15) is 19.8 Å². The molecule has 190 valence electrons. The Hall–Kier alpha value is -2.10. The molecule has 6 nitrogen and oxygen atoms in total. The highest BCUT2D eigenvalue weighted by atomic mass is 16.6. The van der Waals surface area contributed by atoms with E-state index in [2.05, 4.69) is 18.2 Å². The van der Waals surface area contributed by atoms with Crippen molar-refractivity contribution in [1.82, 2.24) is 5.32 Å². The van der Waals surface area contributed by atoms with Crippen molar-refractivity contribution in [3.63, 3.8) is 0 Å². The molecule has 0 heterocycles. The van der Waals surface area contributed by atoms with Gasteiger partial charge in [-0.25, -0.2) is 0 Å². The fraction of sp³-hybridized carbons (Fsp3) is 0.714. The topological polar surface area (TPSA) is 95.9 Å². The molecule has 34 heavy (non-hydrogen) atoms. The van der Waals surface area contributed by atoms with Gasteiger partial charge in [-0.2, -0.15) is 0 Å². The molecule has 0 bridgehead atoms. The lowest BCUT2D eigenvalue weighted by atomic mass is 9.50. The number of hydrogen-bond donors (Lipinski definition) is 3. The van der Waals surface area contributed by atoms with E-state index in [1.807, 2.05) is 27.7 Å². The van der Waals surface area contributed by atoms with Crippen LogP contribution in [-0.2, 0) is 14.3 Å². The Balaban J connectivity index is 2.50. The molecule has 1 amide bonds. The van der Waals surface area contributed by atoms with Gasteiger partial charge >= 0.3 is 5.97 Å². The smallest absolute Gasteiger partial charge is 0.306 e. The van der Waals surface area contributed by atoms with E-state index >= 15 is 0 Å². The van der Waals surface area contributed by atoms with Gasteiger partial charge in [-0.05, 0) is 76.4 Å². The highest BCUT2D eigenvalue weighted by Crippen LogP contribution is 2.57. The molecule has 0 aromatic rings. The first-order valence-electron chi connectivity index (χ1n) is 12.5. The maximum absolute atomic E-state index is 12.3. The second kappa shape index (κ2) is 11.6. The third kappa shape index (κ3) is 6.31. The average Bonchev–Trinajstić information content (AvgIpc) is 2.72. The molecule has 0 radical (unpaired) electrons. The Bertz CT molecular complexity index is 859. The van der Waals surface area contributed by atoms with Crippen molar-refractivity contribution in [1.29, 1.82) is 0 Å². The molecule has 0 aromatic carbocycles. The zero-order valence-electron chi connectivity index (χ0n) is 21.7. The predicted molar refractivity (Wildman–Crippen MR) is 134 cm³/mol. The Morgan fingerprint density at radius 3 is 2.44 bits per heavy atom. The average molecular weight is 474 g/mol. The van der Waals surface area contributed by atoms with Crippen molar-refractivity contribution >= 4 is 11.9 Å². The summed E-state index contributed by atoms with van der Waals surface area (Å²) < 4.78 is 5.45. The van der Waals surface area contributed by atoms with Crippen molar-refractivity contribution < 1.29 is 24.5 Å². The molecule has 2 rings (SSSR count). The molecule has 2 aliphatic carbocycles. The Morgan fingerprint density at radius 1 is 1.21 bits per heavy atom. The van der Waals surface area contributed by atoms with E-state index in [4.69, 9.17) is 11.2 Å². The lowest BCUT2D eigenvalue weighted by Gasteiger charge is -2.56. The maximum Gasteiger partial charge on any atom is 0.306 e. The number of hydrogen-bond acceptors (Lipinski definition) is 5. The monoisotopic (exact) mass is 473 g/mol. The number of aliphatic hydroxyl groups is 2. The van der Waals surface area contributed by atoms with Crippen LogP contribution in [-0.4, -0.2) is 46.4 Å². The summed E-state index contributed by atoms with van der Waals surface area (Å²) in [6.45, 7) is 10.9. The van der Waals surface area contributed by atoms with E-state index < -0.39 is 17.1 Å².